The van der Waals surface area contributed by atoms with E-state index < -0.39 is 6.10 Å². The number of rotatable bonds is 2. The molecule has 1 aromatic rings. The third-order valence-corrected chi connectivity index (χ3v) is 3.11. The zero-order valence-corrected chi connectivity index (χ0v) is 8.94. The van der Waals surface area contributed by atoms with E-state index in [1.807, 2.05) is 18.2 Å². The quantitative estimate of drug-likeness (QED) is 0.804. The fourth-order valence-electron chi connectivity index (χ4n) is 2.17. The number of aliphatic hydroxyl groups excluding tert-OH is 1. The van der Waals surface area contributed by atoms with Gasteiger partial charge in [0, 0.05) is 12.8 Å². The maximum Gasteiger partial charge on any atom is 0.133 e. The van der Waals surface area contributed by atoms with Crippen LogP contribution < -0.4 is 0 Å². The van der Waals surface area contributed by atoms with Crippen LogP contribution in [0.5, 0.6) is 0 Å². The van der Waals surface area contributed by atoms with E-state index in [2.05, 4.69) is 6.07 Å². The van der Waals surface area contributed by atoms with E-state index in [4.69, 9.17) is 0 Å². The first kappa shape index (κ1) is 10.4. The molecule has 80 valence electrons. The highest BCUT2D eigenvalue weighted by atomic mass is 16.3. The highest BCUT2D eigenvalue weighted by molar-refractivity contribution is 5.81. The summed E-state index contributed by atoms with van der Waals surface area (Å²) in [5.41, 5.74) is 2.13. The zero-order valence-electron chi connectivity index (χ0n) is 8.94. The van der Waals surface area contributed by atoms with Crippen molar-refractivity contribution in [2.45, 2.75) is 38.2 Å². The van der Waals surface area contributed by atoms with Crippen LogP contribution >= 0.6 is 0 Å². The van der Waals surface area contributed by atoms with Crippen LogP contribution in [0, 0.1) is 0 Å². The normalized spacial score (nSPS) is 23.1. The van der Waals surface area contributed by atoms with Crippen molar-refractivity contribution in [3.8, 4) is 0 Å². The summed E-state index contributed by atoms with van der Waals surface area (Å²) in [7, 11) is 0. The second kappa shape index (κ2) is 4.15. The van der Waals surface area contributed by atoms with E-state index in [9.17, 15) is 9.90 Å². The van der Waals surface area contributed by atoms with Crippen LogP contribution in [0.1, 0.15) is 49.3 Å². The Morgan fingerprint density at radius 2 is 2.27 bits per heavy atom. The fraction of sp³-hybridized carbons (Fsp3) is 0.462. The lowest BCUT2D eigenvalue weighted by Crippen LogP contribution is -1.97. The lowest BCUT2D eigenvalue weighted by atomic mass is 9.95. The van der Waals surface area contributed by atoms with Crippen LogP contribution in [0.3, 0.4) is 0 Å². The van der Waals surface area contributed by atoms with Gasteiger partial charge in [0.05, 0.1) is 6.10 Å². The molecule has 2 heteroatoms. The van der Waals surface area contributed by atoms with Crippen molar-refractivity contribution < 1.29 is 9.90 Å². The van der Waals surface area contributed by atoms with Crippen molar-refractivity contribution in [2.75, 3.05) is 0 Å². The van der Waals surface area contributed by atoms with E-state index in [0.717, 1.165) is 12.0 Å². The molecule has 1 N–H and O–H groups in total. The summed E-state index contributed by atoms with van der Waals surface area (Å²) in [5.74, 6) is 0.735. The van der Waals surface area contributed by atoms with Crippen molar-refractivity contribution in [1.82, 2.24) is 0 Å². The number of hydrogen-bond donors (Lipinski definition) is 1. The Morgan fingerprint density at radius 3 is 2.87 bits per heavy atom. The monoisotopic (exact) mass is 204 g/mol. The molecule has 2 unspecified atom stereocenters. The summed E-state index contributed by atoms with van der Waals surface area (Å²) in [4.78, 5) is 11.2. The summed E-state index contributed by atoms with van der Waals surface area (Å²) in [6, 6.07) is 7.95. The number of carbonyl (C=O) groups is 1. The topological polar surface area (TPSA) is 37.3 Å². The summed E-state index contributed by atoms with van der Waals surface area (Å²) >= 11 is 0. The predicted octanol–water partition coefficient (Wildman–Crippen LogP) is 2.58. The number of hydrogen-bond acceptors (Lipinski definition) is 2. The molecule has 1 saturated carbocycles. The molecular formula is C13H16O2. The molecular weight excluding hydrogens is 188 g/mol. The van der Waals surface area contributed by atoms with Gasteiger partial charge in [0.1, 0.15) is 5.78 Å². The number of carbonyl (C=O) groups excluding carboxylic acids is 1. The second-order valence-corrected chi connectivity index (χ2v) is 4.32. The molecule has 2 atom stereocenters. The second-order valence-electron chi connectivity index (χ2n) is 4.32. The summed E-state index contributed by atoms with van der Waals surface area (Å²) in [6.07, 6.45) is 1.91. The molecule has 15 heavy (non-hydrogen) atoms. The number of ketones is 1. The molecule has 1 fully saturated rings. The molecule has 0 spiro atoms. The summed E-state index contributed by atoms with van der Waals surface area (Å²) < 4.78 is 0. The predicted molar refractivity (Wildman–Crippen MR) is 58.7 cm³/mol. The number of benzene rings is 1. The summed E-state index contributed by atoms with van der Waals surface area (Å²) in [6.45, 7) is 1.76. The van der Waals surface area contributed by atoms with Crippen LogP contribution in [0.25, 0.3) is 0 Å². The van der Waals surface area contributed by atoms with Gasteiger partial charge in [-0.05, 0) is 30.4 Å². The van der Waals surface area contributed by atoms with E-state index in [0.29, 0.717) is 24.5 Å². The first-order valence-corrected chi connectivity index (χ1v) is 5.46. The van der Waals surface area contributed by atoms with Crippen LogP contribution in [0.15, 0.2) is 24.3 Å². The molecule has 1 aliphatic carbocycles. The van der Waals surface area contributed by atoms with E-state index >= 15 is 0 Å². The van der Waals surface area contributed by atoms with Gasteiger partial charge in [-0.25, -0.2) is 0 Å². The summed E-state index contributed by atoms with van der Waals surface area (Å²) in [5, 5.41) is 9.48. The molecule has 0 amide bonds. The Hall–Kier alpha value is -1.15. The van der Waals surface area contributed by atoms with Crippen molar-refractivity contribution in [3.05, 3.63) is 35.4 Å². The Kier molecular flexibility index (Phi) is 2.87. The van der Waals surface area contributed by atoms with Gasteiger partial charge in [0.25, 0.3) is 0 Å². The van der Waals surface area contributed by atoms with Gasteiger partial charge >= 0.3 is 0 Å². The molecule has 2 rings (SSSR count). The van der Waals surface area contributed by atoms with Gasteiger partial charge in [0.15, 0.2) is 0 Å². The van der Waals surface area contributed by atoms with Crippen molar-refractivity contribution in [1.29, 1.82) is 0 Å². The van der Waals surface area contributed by atoms with E-state index in [-0.39, 0.29) is 0 Å². The molecule has 0 bridgehead atoms. The minimum Gasteiger partial charge on any atom is -0.389 e. The first-order valence-electron chi connectivity index (χ1n) is 5.46. The largest absolute Gasteiger partial charge is 0.389 e. The molecule has 1 aliphatic rings. The standard InChI is InChI=1S/C13H16O2/c1-9(14)10-3-2-4-11(7-10)12-5-6-13(15)8-12/h2-4,7,9,12,14H,5-6,8H2,1H3. The van der Waals surface area contributed by atoms with Crippen LogP contribution in [-0.2, 0) is 4.79 Å². The number of Topliss-reactive ketones (excluding diaryl/α,β-unsaturated/α-hetero) is 1. The van der Waals surface area contributed by atoms with Gasteiger partial charge in [-0.15, -0.1) is 0 Å². The maximum atomic E-state index is 11.2. The van der Waals surface area contributed by atoms with Crippen LogP contribution in [0.4, 0.5) is 0 Å². The van der Waals surface area contributed by atoms with Crippen LogP contribution in [-0.4, -0.2) is 10.9 Å². The average molecular weight is 204 g/mol. The Bertz CT molecular complexity index is 369. The van der Waals surface area contributed by atoms with Gasteiger partial charge in [-0.1, -0.05) is 24.3 Å². The molecule has 0 heterocycles. The lowest BCUT2D eigenvalue weighted by Gasteiger charge is -2.11. The Morgan fingerprint density at radius 1 is 1.47 bits per heavy atom. The lowest BCUT2D eigenvalue weighted by molar-refractivity contribution is -0.117. The van der Waals surface area contributed by atoms with Gasteiger partial charge in [-0.3, -0.25) is 4.79 Å². The Balaban J connectivity index is 2.21. The number of aliphatic hydroxyl groups is 1. The van der Waals surface area contributed by atoms with Gasteiger partial charge < -0.3 is 5.11 Å². The zero-order chi connectivity index (χ0) is 10.8. The van der Waals surface area contributed by atoms with Crippen LogP contribution in [0.2, 0.25) is 0 Å². The first-order chi connectivity index (χ1) is 7.16. The molecule has 2 nitrogen and oxygen atoms in total. The average Bonchev–Trinajstić information content (AvgIpc) is 2.65. The highest BCUT2D eigenvalue weighted by Gasteiger charge is 2.23. The van der Waals surface area contributed by atoms with Crippen molar-refractivity contribution in [2.24, 2.45) is 0 Å². The molecule has 0 radical (unpaired) electrons. The SMILES string of the molecule is CC(O)c1cccc(C2CCC(=O)C2)c1. The van der Waals surface area contributed by atoms with E-state index in [1.54, 1.807) is 6.92 Å². The molecule has 0 aromatic heterocycles. The Labute approximate surface area is 89.9 Å². The van der Waals surface area contributed by atoms with Gasteiger partial charge in [0.2, 0.25) is 0 Å². The smallest absolute Gasteiger partial charge is 0.133 e. The highest BCUT2D eigenvalue weighted by Crippen LogP contribution is 2.32. The third-order valence-electron chi connectivity index (χ3n) is 3.11. The van der Waals surface area contributed by atoms with Crippen molar-refractivity contribution in [3.63, 3.8) is 0 Å². The van der Waals surface area contributed by atoms with E-state index in [1.165, 1.54) is 5.56 Å². The third kappa shape index (κ3) is 2.26. The van der Waals surface area contributed by atoms with Gasteiger partial charge in [-0.2, -0.15) is 0 Å². The molecule has 1 aromatic carbocycles. The van der Waals surface area contributed by atoms with Crippen molar-refractivity contribution >= 4 is 5.78 Å². The molecule has 0 aliphatic heterocycles. The fourth-order valence-corrected chi connectivity index (χ4v) is 2.17. The minimum atomic E-state index is -0.429. The minimum absolute atomic E-state index is 0.363. The molecule has 0 saturated heterocycles. The maximum absolute atomic E-state index is 11.2.